The second-order valence-electron chi connectivity index (χ2n) is 13.3. The maximum Gasteiger partial charge on any atom is 0.253 e. The van der Waals surface area contributed by atoms with Crippen LogP contribution in [0.15, 0.2) is 42.7 Å². The number of carbonyl (C=O) groups excluding carboxylic acids is 3. The highest BCUT2D eigenvalue weighted by Gasteiger charge is 2.40. The molecule has 0 radical (unpaired) electrons. The highest BCUT2D eigenvalue weighted by molar-refractivity contribution is 7.92. The lowest BCUT2D eigenvalue weighted by Crippen LogP contribution is -2.59. The molecule has 1 aromatic carbocycles. The molecule has 0 spiro atoms. The van der Waals surface area contributed by atoms with E-state index in [0.29, 0.717) is 38.3 Å². The number of aromatic nitrogens is 1. The van der Waals surface area contributed by atoms with Crippen molar-refractivity contribution in [1.29, 1.82) is 0 Å². The average Bonchev–Trinajstić information content (AvgIpc) is 3.02. The van der Waals surface area contributed by atoms with Crippen LogP contribution in [0, 0.1) is 29.4 Å². The van der Waals surface area contributed by atoms with Crippen molar-refractivity contribution < 1.29 is 41.8 Å². The van der Waals surface area contributed by atoms with E-state index in [0.717, 1.165) is 12.1 Å². The van der Waals surface area contributed by atoms with Crippen LogP contribution in [0.5, 0.6) is 0 Å². The van der Waals surface area contributed by atoms with Gasteiger partial charge in [-0.3, -0.25) is 19.4 Å². The zero-order chi connectivity index (χ0) is 36.9. The second kappa shape index (κ2) is 19.6. The van der Waals surface area contributed by atoms with E-state index >= 15 is 0 Å². The third-order valence-electron chi connectivity index (χ3n) is 8.21. The summed E-state index contributed by atoms with van der Waals surface area (Å²) in [6.07, 6.45) is 0.459. The molecule has 0 saturated heterocycles. The van der Waals surface area contributed by atoms with Crippen LogP contribution in [0.25, 0.3) is 0 Å². The normalized spacial score (nSPS) is 15.0. The molecule has 5 unspecified atom stereocenters. The van der Waals surface area contributed by atoms with Crippen molar-refractivity contribution in [1.82, 2.24) is 20.9 Å². The number of rotatable bonds is 20. The molecule has 0 fully saturated rings. The summed E-state index contributed by atoms with van der Waals surface area (Å²) >= 11 is 0. The van der Waals surface area contributed by atoms with E-state index in [-0.39, 0.29) is 17.0 Å². The molecule has 11 nitrogen and oxygen atoms in total. The molecule has 2 rings (SSSR count). The number of hydrogen-bond acceptors (Lipinski definition) is 8. The van der Waals surface area contributed by atoms with Crippen LogP contribution in [0.1, 0.15) is 83.1 Å². The first kappa shape index (κ1) is 41.7. The van der Waals surface area contributed by atoms with Crippen LogP contribution in [-0.2, 0) is 25.8 Å². The Bertz CT molecular complexity index is 1450. The SMILES string of the molecule is CCCC(CCC)S(=O)(=O)CC(NC(=O)c1cccnc1)C(=O)NC(Cc1cc(F)cc(F)c1)C(O)C(O)C(C(=O)NCC(C)C)C(C)C. The highest BCUT2D eigenvalue weighted by Crippen LogP contribution is 2.23. The Balaban J connectivity index is 2.55. The monoisotopic (exact) mass is 710 g/mol. The minimum Gasteiger partial charge on any atom is -0.390 e. The first-order valence-electron chi connectivity index (χ1n) is 16.8. The molecule has 3 amide bonds. The third kappa shape index (κ3) is 13.0. The molecule has 5 atom stereocenters. The predicted octanol–water partition coefficient (Wildman–Crippen LogP) is 3.34. The number of amides is 3. The highest BCUT2D eigenvalue weighted by atomic mass is 32.2. The molecular formula is C35H52F2N4O7S. The summed E-state index contributed by atoms with van der Waals surface area (Å²) in [6, 6.07) is 2.40. The predicted molar refractivity (Wildman–Crippen MR) is 183 cm³/mol. The molecule has 0 saturated carbocycles. The lowest BCUT2D eigenvalue weighted by atomic mass is 9.83. The van der Waals surface area contributed by atoms with Crippen LogP contribution in [-0.4, -0.2) is 83.2 Å². The summed E-state index contributed by atoms with van der Waals surface area (Å²) in [7, 11) is -3.97. The van der Waals surface area contributed by atoms with E-state index in [1.165, 1.54) is 24.5 Å². The van der Waals surface area contributed by atoms with Crippen molar-refractivity contribution in [3.8, 4) is 0 Å². The minimum absolute atomic E-state index is 0.00827. The molecule has 14 heteroatoms. The summed E-state index contributed by atoms with van der Waals surface area (Å²) in [5.74, 6) is -6.50. The van der Waals surface area contributed by atoms with Gasteiger partial charge in [-0.05, 0) is 60.9 Å². The molecule has 0 aliphatic carbocycles. The number of halogens is 2. The van der Waals surface area contributed by atoms with Gasteiger partial charge in [-0.15, -0.1) is 0 Å². The van der Waals surface area contributed by atoms with Crippen molar-refractivity contribution in [2.45, 2.75) is 103 Å². The van der Waals surface area contributed by atoms with Gasteiger partial charge < -0.3 is 26.2 Å². The van der Waals surface area contributed by atoms with Crippen molar-refractivity contribution in [3.63, 3.8) is 0 Å². The smallest absolute Gasteiger partial charge is 0.253 e. The Hall–Kier alpha value is -3.49. The van der Waals surface area contributed by atoms with Crippen molar-refractivity contribution in [2.24, 2.45) is 17.8 Å². The summed E-state index contributed by atoms with van der Waals surface area (Å²) in [4.78, 5) is 44.2. The zero-order valence-corrected chi connectivity index (χ0v) is 30.0. The summed E-state index contributed by atoms with van der Waals surface area (Å²) < 4.78 is 55.6. The summed E-state index contributed by atoms with van der Waals surface area (Å²) in [5.41, 5.74) is 0.0692. The molecular weight excluding hydrogens is 658 g/mol. The fourth-order valence-electron chi connectivity index (χ4n) is 5.69. The van der Waals surface area contributed by atoms with E-state index in [4.69, 9.17) is 0 Å². The van der Waals surface area contributed by atoms with E-state index in [1.54, 1.807) is 13.8 Å². The van der Waals surface area contributed by atoms with Crippen LogP contribution >= 0.6 is 0 Å². The van der Waals surface area contributed by atoms with Crippen molar-refractivity contribution in [3.05, 3.63) is 65.5 Å². The Morgan fingerprint density at radius 2 is 1.51 bits per heavy atom. The second-order valence-corrected chi connectivity index (χ2v) is 15.6. The molecule has 49 heavy (non-hydrogen) atoms. The Labute approximate surface area is 288 Å². The van der Waals surface area contributed by atoms with Gasteiger partial charge in [0.25, 0.3) is 5.91 Å². The fraction of sp³-hybridized carbons (Fsp3) is 0.600. The van der Waals surface area contributed by atoms with E-state index in [9.17, 15) is 41.8 Å². The molecule has 0 aliphatic rings. The molecule has 2 aromatic rings. The number of pyridine rings is 1. The fourth-order valence-corrected chi connectivity index (χ4v) is 7.85. The first-order valence-corrected chi connectivity index (χ1v) is 18.5. The van der Waals surface area contributed by atoms with Gasteiger partial charge in [-0.1, -0.05) is 54.4 Å². The number of nitrogens with zero attached hydrogens (tertiary/aromatic N) is 1. The number of benzene rings is 1. The number of aliphatic hydroxyl groups is 2. The van der Waals surface area contributed by atoms with Gasteiger partial charge in [0.1, 0.15) is 23.8 Å². The molecule has 1 aromatic heterocycles. The van der Waals surface area contributed by atoms with Gasteiger partial charge in [0, 0.05) is 25.0 Å². The first-order chi connectivity index (χ1) is 23.0. The summed E-state index contributed by atoms with van der Waals surface area (Å²) in [5, 5.41) is 29.9. The summed E-state index contributed by atoms with van der Waals surface area (Å²) in [6.45, 7) is 11.1. The van der Waals surface area contributed by atoms with Gasteiger partial charge >= 0.3 is 0 Å². The van der Waals surface area contributed by atoms with Gasteiger partial charge in [0.05, 0.1) is 34.6 Å². The number of hydrogen-bond donors (Lipinski definition) is 5. The Morgan fingerprint density at radius 1 is 0.898 bits per heavy atom. The van der Waals surface area contributed by atoms with Crippen LogP contribution in [0.4, 0.5) is 8.78 Å². The van der Waals surface area contributed by atoms with Crippen LogP contribution < -0.4 is 16.0 Å². The largest absolute Gasteiger partial charge is 0.390 e. The lowest BCUT2D eigenvalue weighted by molar-refractivity contribution is -0.136. The van der Waals surface area contributed by atoms with Crippen molar-refractivity contribution in [2.75, 3.05) is 12.3 Å². The van der Waals surface area contributed by atoms with E-state index in [1.807, 2.05) is 27.7 Å². The van der Waals surface area contributed by atoms with Crippen LogP contribution in [0.3, 0.4) is 0 Å². The Morgan fingerprint density at radius 3 is 2.02 bits per heavy atom. The standard InChI is InChI=1S/C35H52F2N4O7S/c1-7-10-27(11-8-2)49(47,48)20-29(41-33(44)24-12-9-13-38-19-24)34(45)40-28(16-23-14-25(36)17-26(37)15-23)31(42)32(43)30(22(5)6)35(46)39-18-21(3)4/h9,12-15,17,19,21-22,27-32,42-43H,7-8,10-11,16,18,20H2,1-6H3,(H,39,46)(H,40,45)(H,41,44). The average molecular weight is 711 g/mol. The van der Waals surface area contributed by atoms with Gasteiger partial charge in [-0.25, -0.2) is 17.2 Å². The molecule has 0 bridgehead atoms. The van der Waals surface area contributed by atoms with E-state index < -0.39 is 92.7 Å². The topological polar surface area (TPSA) is 175 Å². The maximum atomic E-state index is 14.2. The molecule has 274 valence electrons. The van der Waals surface area contributed by atoms with Gasteiger partial charge in [-0.2, -0.15) is 0 Å². The number of nitrogens with one attached hydrogen (secondary N) is 3. The quantitative estimate of drug-likeness (QED) is 0.139. The van der Waals surface area contributed by atoms with E-state index in [2.05, 4.69) is 20.9 Å². The van der Waals surface area contributed by atoms with Crippen LogP contribution in [0.2, 0.25) is 0 Å². The van der Waals surface area contributed by atoms with Crippen molar-refractivity contribution >= 4 is 27.6 Å². The lowest BCUT2D eigenvalue weighted by Gasteiger charge is -2.34. The number of aliphatic hydroxyl groups excluding tert-OH is 2. The third-order valence-corrected chi connectivity index (χ3v) is 10.5. The molecule has 0 aliphatic heterocycles. The molecule has 5 N–H and O–H groups in total. The maximum absolute atomic E-state index is 14.2. The minimum atomic E-state index is -3.97. The Kier molecular flexibility index (Phi) is 16.7. The van der Waals surface area contributed by atoms with Gasteiger partial charge in [0.2, 0.25) is 11.8 Å². The molecule has 1 heterocycles. The zero-order valence-electron chi connectivity index (χ0n) is 29.2. The number of sulfone groups is 1. The number of carbonyl (C=O) groups is 3. The van der Waals surface area contributed by atoms with Gasteiger partial charge in [0.15, 0.2) is 9.84 Å².